The molecule has 70 heavy (non-hydrogen) atoms. The second-order valence-electron chi connectivity index (χ2n) is 14.7. The van der Waals surface area contributed by atoms with E-state index < -0.39 is 41.9 Å². The molecule has 0 atom stereocenters. The molecule has 0 amide bonds. The number of nitriles is 1. The van der Waals surface area contributed by atoms with E-state index in [0.717, 1.165) is 0 Å². The monoisotopic (exact) mass is 1020 g/mol. The number of benzene rings is 4. The summed E-state index contributed by atoms with van der Waals surface area (Å²) in [6, 6.07) is 19.1. The van der Waals surface area contributed by atoms with E-state index in [2.05, 4.69) is 41.7 Å². The summed E-state index contributed by atoms with van der Waals surface area (Å²) in [5.41, 5.74) is 3.59. The van der Waals surface area contributed by atoms with Crippen LogP contribution in [0, 0.1) is 32.1 Å². The maximum Gasteiger partial charge on any atom is 0.298 e. The highest BCUT2D eigenvalue weighted by Crippen LogP contribution is 2.42. The molecule has 6 aromatic rings. The van der Waals surface area contributed by atoms with Gasteiger partial charge in [-0.1, -0.05) is 12.1 Å². The molecule has 0 aliphatic heterocycles. The fourth-order valence-electron chi connectivity index (χ4n) is 6.18. The van der Waals surface area contributed by atoms with Crippen LogP contribution in [0.15, 0.2) is 97.4 Å². The van der Waals surface area contributed by atoms with Gasteiger partial charge in [0, 0.05) is 35.9 Å². The number of pyridine rings is 1. The van der Waals surface area contributed by atoms with Crippen molar-refractivity contribution in [3.05, 3.63) is 89.0 Å². The number of azo groups is 3. The first-order valence-electron chi connectivity index (χ1n) is 20.0. The average molecular weight is 1020 g/mol. The average Bonchev–Trinajstić information content (AvgIpc) is 3.65. The van der Waals surface area contributed by atoms with E-state index in [9.17, 15) is 54.3 Å². The number of aromatic hydroxyl groups is 1. The first-order chi connectivity index (χ1) is 33.0. The molecule has 0 aliphatic carbocycles. The molecule has 28 heteroatoms. The molecule has 4 N–H and O–H groups in total. The Hall–Kier alpha value is -7.81. The van der Waals surface area contributed by atoms with Crippen molar-refractivity contribution in [3.63, 3.8) is 0 Å². The second kappa shape index (κ2) is 23.0. The number of imidazole rings is 1. The predicted molar refractivity (Wildman–Crippen MR) is 249 cm³/mol. The number of fused-ring (bicyclic) bond motifs is 3. The Labute approximate surface area is 399 Å². The van der Waals surface area contributed by atoms with Crippen LogP contribution in [0.2, 0.25) is 0 Å². The molecule has 0 radical (unpaired) electrons. The van der Waals surface area contributed by atoms with Crippen molar-refractivity contribution in [1.29, 1.82) is 5.26 Å². The van der Waals surface area contributed by atoms with Crippen molar-refractivity contribution < 1.29 is 72.6 Å². The van der Waals surface area contributed by atoms with E-state index in [0.29, 0.717) is 34.0 Å². The van der Waals surface area contributed by atoms with Gasteiger partial charge in [-0.15, -0.1) is 15.3 Å². The van der Waals surface area contributed by atoms with Gasteiger partial charge in [-0.3, -0.25) is 27.6 Å². The number of carbonyl (C=O) groups is 2. The maximum absolute atomic E-state index is 11.4. The van der Waals surface area contributed by atoms with Gasteiger partial charge in [-0.2, -0.15) is 45.9 Å². The van der Waals surface area contributed by atoms with Crippen molar-refractivity contribution in [2.24, 2.45) is 30.7 Å². The van der Waals surface area contributed by atoms with Gasteiger partial charge in [0.05, 0.1) is 59.1 Å². The number of aryl methyl sites for hydroxylation is 2. The summed E-state index contributed by atoms with van der Waals surface area (Å²) >= 11 is 0. The quantitative estimate of drug-likeness (QED) is 0.0242. The van der Waals surface area contributed by atoms with Gasteiger partial charge in [0.15, 0.2) is 11.3 Å². The summed E-state index contributed by atoms with van der Waals surface area (Å²) < 4.78 is 113. The predicted octanol–water partition coefficient (Wildman–Crippen LogP) is 8.12. The summed E-state index contributed by atoms with van der Waals surface area (Å²) in [6.07, 6.45) is 0.508. The molecular formula is C42H41N9O16S3. The normalized spacial score (nSPS) is 12.0. The van der Waals surface area contributed by atoms with Gasteiger partial charge in [0.25, 0.3) is 43.3 Å². The Bertz CT molecular complexity index is 3410. The van der Waals surface area contributed by atoms with Crippen LogP contribution < -0.4 is 18.9 Å². The minimum atomic E-state index is -4.30. The lowest BCUT2D eigenvalue weighted by Gasteiger charge is -2.12. The van der Waals surface area contributed by atoms with Crippen LogP contribution in [-0.4, -0.2) is 97.3 Å². The van der Waals surface area contributed by atoms with Gasteiger partial charge in [-0.05, 0) is 69.0 Å². The third kappa shape index (κ3) is 15.1. The summed E-state index contributed by atoms with van der Waals surface area (Å²) in [4.78, 5) is 26.4. The van der Waals surface area contributed by atoms with E-state index in [1.54, 1.807) is 57.2 Å². The molecule has 0 spiro atoms. The number of para-hydroxylation sites is 2. The third-order valence-electron chi connectivity index (χ3n) is 9.24. The van der Waals surface area contributed by atoms with Gasteiger partial charge in [0.1, 0.15) is 46.0 Å². The molecule has 0 unspecified atom stereocenters. The number of nitrogens with zero attached hydrogens (tertiary/aromatic N) is 9. The molecule has 0 aliphatic rings. The van der Waals surface area contributed by atoms with Crippen LogP contribution in [0.3, 0.4) is 0 Å². The lowest BCUT2D eigenvalue weighted by molar-refractivity contribution is -0.121. The number of rotatable bonds is 20. The van der Waals surface area contributed by atoms with Gasteiger partial charge in [0.2, 0.25) is 5.88 Å². The Kier molecular flexibility index (Phi) is 17.5. The first kappa shape index (κ1) is 53.1. The fourth-order valence-corrected chi connectivity index (χ4v) is 7.15. The lowest BCUT2D eigenvalue weighted by Crippen LogP contribution is -2.08. The highest BCUT2D eigenvalue weighted by molar-refractivity contribution is 7.86. The van der Waals surface area contributed by atoms with Crippen molar-refractivity contribution in [1.82, 2.24) is 9.38 Å². The zero-order chi connectivity index (χ0) is 51.4. The van der Waals surface area contributed by atoms with Crippen LogP contribution >= 0.6 is 0 Å². The topological polar surface area (TPSA) is 370 Å². The molecule has 0 saturated carbocycles. The van der Waals surface area contributed by atoms with Gasteiger partial charge < -0.3 is 24.1 Å². The third-order valence-corrected chi connectivity index (χ3v) is 10.9. The number of hydrogen-bond donors (Lipinski definition) is 4. The number of ether oxygens (including phenoxy) is 4. The van der Waals surface area contributed by atoms with Crippen LogP contribution in [-0.2, 0) is 39.9 Å². The van der Waals surface area contributed by atoms with Crippen molar-refractivity contribution >= 4 is 94.1 Å². The minimum Gasteiger partial charge on any atom is -0.493 e. The smallest absolute Gasteiger partial charge is 0.298 e. The minimum absolute atomic E-state index is 0.0200. The number of aromatic nitrogens is 2. The highest BCUT2D eigenvalue weighted by atomic mass is 32.2. The van der Waals surface area contributed by atoms with E-state index in [4.69, 9.17) is 23.5 Å². The molecular weight excluding hydrogens is 983 g/mol. The van der Waals surface area contributed by atoms with E-state index in [-0.39, 0.29) is 113 Å². The Morgan fingerprint density at radius 3 is 1.64 bits per heavy atom. The standard InChI is InChI=1S/C41H37N9O13S2.CH4O3S/c1-24-14-34(37(60-10-6-12-64(54,55)56)19-32(24)45-44-27-16-28(62-22-51)18-29(17-27)63-23-52)47-46-33-20-38(61-11-7-13-65(57,58)59)35(15-25(33)2)48-49-39-26(3)30(21-42)40-43-31-8-4-5-9-36(31)50(40)41(39)53;1-5(2,3)4/h4-5,8-9,14-20,22-23,53H,6-7,10-13H2,1-3H3,(H,54,55,56)(H,57,58,59);1H3,(H,2,3,4). The number of hydrogen-bond acceptors (Lipinski definition) is 21. The van der Waals surface area contributed by atoms with Crippen LogP contribution in [0.25, 0.3) is 16.7 Å². The van der Waals surface area contributed by atoms with Crippen molar-refractivity contribution in [2.45, 2.75) is 33.6 Å². The highest BCUT2D eigenvalue weighted by Gasteiger charge is 2.21. The largest absolute Gasteiger partial charge is 0.493 e. The Morgan fingerprint density at radius 1 is 0.686 bits per heavy atom. The van der Waals surface area contributed by atoms with Gasteiger partial charge >= 0.3 is 0 Å². The molecule has 0 saturated heterocycles. The zero-order valence-corrected chi connectivity index (χ0v) is 39.6. The molecule has 2 aromatic heterocycles. The molecule has 2 heterocycles. The Balaban J connectivity index is 0.00000173. The van der Waals surface area contributed by atoms with Crippen LogP contribution in [0.1, 0.15) is 35.1 Å². The SMILES string of the molecule is CS(=O)(=O)O.Cc1cc(N=Nc2cc(OCCCS(=O)(=O)O)c(N=Nc3c(C)c(C#N)c4nc5ccccc5n4c3O)cc2C)c(OCCCS(=O)(=O)O)cc1N=Nc1cc(OC=O)cc(OC=O)c1. The molecule has 0 bridgehead atoms. The second-order valence-corrected chi connectivity index (χ2v) is 19.3. The van der Waals surface area contributed by atoms with Crippen molar-refractivity contribution in [2.75, 3.05) is 31.0 Å². The first-order valence-corrected chi connectivity index (χ1v) is 25.1. The summed E-state index contributed by atoms with van der Waals surface area (Å²) in [7, 11) is -12.3. The maximum atomic E-state index is 11.4. The zero-order valence-electron chi connectivity index (χ0n) is 37.2. The molecule has 0 fully saturated rings. The molecule has 4 aromatic carbocycles. The summed E-state index contributed by atoms with van der Waals surface area (Å²) in [5, 5.41) is 47.5. The van der Waals surface area contributed by atoms with Gasteiger partial charge in [-0.25, -0.2) is 4.98 Å². The molecule has 368 valence electrons. The van der Waals surface area contributed by atoms with E-state index in [1.807, 2.05) is 0 Å². The lowest BCUT2D eigenvalue weighted by atomic mass is 10.1. The number of carbonyl (C=O) groups excluding carboxylic acids is 2. The summed E-state index contributed by atoms with van der Waals surface area (Å²) in [5.74, 6) is -1.35. The summed E-state index contributed by atoms with van der Waals surface area (Å²) in [6.45, 7) is 4.92. The van der Waals surface area contributed by atoms with Crippen molar-refractivity contribution in [3.8, 4) is 34.9 Å². The van der Waals surface area contributed by atoms with E-state index >= 15 is 0 Å². The van der Waals surface area contributed by atoms with Crippen LogP contribution in [0.5, 0.6) is 28.9 Å². The molecule has 25 nitrogen and oxygen atoms in total. The fraction of sp³-hybridized carbons (Fsp3) is 0.238. The molecule has 6 rings (SSSR count). The van der Waals surface area contributed by atoms with E-state index in [1.165, 1.54) is 34.7 Å². The Morgan fingerprint density at radius 2 is 1.16 bits per heavy atom. The van der Waals surface area contributed by atoms with Crippen LogP contribution in [0.4, 0.5) is 34.1 Å².